The largest absolute Gasteiger partial charge is 0.480 e. The van der Waals surface area contributed by atoms with E-state index in [4.69, 9.17) is 9.84 Å². The molecule has 3 N–H and O–H groups in total. The van der Waals surface area contributed by atoms with E-state index in [0.29, 0.717) is 6.42 Å². The summed E-state index contributed by atoms with van der Waals surface area (Å²) in [5.74, 6) is -1.41. The summed E-state index contributed by atoms with van der Waals surface area (Å²) < 4.78 is 5.38. The second-order valence-corrected chi connectivity index (χ2v) is 4.21. The Labute approximate surface area is 94.3 Å². The van der Waals surface area contributed by atoms with Crippen molar-refractivity contribution < 1.29 is 19.4 Å². The van der Waals surface area contributed by atoms with Crippen molar-refractivity contribution in [1.82, 2.24) is 10.6 Å². The van der Waals surface area contributed by atoms with E-state index >= 15 is 0 Å². The molecule has 0 spiro atoms. The normalized spacial score (nSPS) is 19.6. The van der Waals surface area contributed by atoms with Crippen molar-refractivity contribution in [2.45, 2.75) is 31.9 Å². The van der Waals surface area contributed by atoms with Gasteiger partial charge in [0.25, 0.3) is 0 Å². The van der Waals surface area contributed by atoms with Gasteiger partial charge >= 0.3 is 5.97 Å². The number of hydrogen-bond acceptors (Lipinski definition) is 4. The molecule has 92 valence electrons. The van der Waals surface area contributed by atoms with Crippen LogP contribution in [0.4, 0.5) is 0 Å². The number of carbonyl (C=O) groups excluding carboxylic acids is 1. The van der Waals surface area contributed by atoms with Crippen LogP contribution in [0.3, 0.4) is 0 Å². The molecule has 0 aromatic carbocycles. The summed E-state index contributed by atoms with van der Waals surface area (Å²) in [5, 5.41) is 14.2. The molecule has 1 heterocycles. The summed E-state index contributed by atoms with van der Waals surface area (Å²) in [6.45, 7) is 4.96. The second-order valence-electron chi connectivity index (χ2n) is 4.21. The monoisotopic (exact) mass is 230 g/mol. The number of ether oxygens (including phenoxy) is 1. The fourth-order valence-corrected chi connectivity index (χ4v) is 1.39. The van der Waals surface area contributed by atoms with Gasteiger partial charge in [0, 0.05) is 13.1 Å². The third-order valence-corrected chi connectivity index (χ3v) is 2.59. The lowest BCUT2D eigenvalue weighted by Gasteiger charge is -2.38. The lowest BCUT2D eigenvalue weighted by Crippen LogP contribution is -2.60. The molecule has 0 bridgehead atoms. The minimum atomic E-state index is -1.02. The lowest BCUT2D eigenvalue weighted by atomic mass is 10.0. The maximum Gasteiger partial charge on any atom is 0.326 e. The highest BCUT2D eigenvalue weighted by Gasteiger charge is 2.33. The standard InChI is InChI=1S/C10H18N2O4/c1-3-7(9(14)15)12-8(13)4-16-10(2)5-11-6-10/h7,11H,3-6H2,1-2H3,(H,12,13)(H,14,15). The molecular formula is C10H18N2O4. The van der Waals surface area contributed by atoms with Crippen LogP contribution in [-0.4, -0.2) is 48.3 Å². The summed E-state index contributed by atoms with van der Waals surface area (Å²) in [7, 11) is 0. The maximum atomic E-state index is 11.4. The summed E-state index contributed by atoms with van der Waals surface area (Å²) in [6, 6.07) is -0.830. The van der Waals surface area contributed by atoms with E-state index in [2.05, 4.69) is 10.6 Å². The molecule has 6 heteroatoms. The molecule has 1 aliphatic rings. The maximum absolute atomic E-state index is 11.4. The molecule has 0 saturated carbocycles. The molecule has 0 aromatic rings. The van der Waals surface area contributed by atoms with E-state index in [9.17, 15) is 9.59 Å². The van der Waals surface area contributed by atoms with E-state index in [1.807, 2.05) is 6.92 Å². The van der Waals surface area contributed by atoms with E-state index in [-0.39, 0.29) is 18.1 Å². The number of hydrogen-bond donors (Lipinski definition) is 3. The Hall–Kier alpha value is -1.14. The Kier molecular flexibility index (Phi) is 4.26. The van der Waals surface area contributed by atoms with Crippen LogP contribution in [0.25, 0.3) is 0 Å². The van der Waals surface area contributed by atoms with E-state index in [1.54, 1.807) is 6.92 Å². The first-order chi connectivity index (χ1) is 7.47. The summed E-state index contributed by atoms with van der Waals surface area (Å²) in [6.07, 6.45) is 0.361. The van der Waals surface area contributed by atoms with Crippen LogP contribution < -0.4 is 10.6 Å². The molecule has 1 saturated heterocycles. The Morgan fingerprint density at radius 3 is 2.56 bits per heavy atom. The van der Waals surface area contributed by atoms with Gasteiger partial charge in [-0.1, -0.05) is 6.92 Å². The fraction of sp³-hybridized carbons (Fsp3) is 0.800. The molecular weight excluding hydrogens is 212 g/mol. The van der Waals surface area contributed by atoms with Crippen molar-refractivity contribution >= 4 is 11.9 Å². The third kappa shape index (κ3) is 3.46. The van der Waals surface area contributed by atoms with Crippen LogP contribution in [0.5, 0.6) is 0 Å². The quantitative estimate of drug-likeness (QED) is 0.564. The van der Waals surface area contributed by atoms with Gasteiger partial charge in [-0.15, -0.1) is 0 Å². The zero-order valence-corrected chi connectivity index (χ0v) is 9.58. The van der Waals surface area contributed by atoms with Crippen LogP contribution in [0.2, 0.25) is 0 Å². The van der Waals surface area contributed by atoms with Gasteiger partial charge in [0.1, 0.15) is 12.6 Å². The summed E-state index contributed by atoms with van der Waals surface area (Å²) >= 11 is 0. The van der Waals surface area contributed by atoms with E-state index in [0.717, 1.165) is 13.1 Å². The van der Waals surface area contributed by atoms with Gasteiger partial charge in [-0.05, 0) is 13.3 Å². The van der Waals surface area contributed by atoms with Crippen LogP contribution >= 0.6 is 0 Å². The molecule has 1 rings (SSSR count). The molecule has 6 nitrogen and oxygen atoms in total. The van der Waals surface area contributed by atoms with E-state index < -0.39 is 12.0 Å². The smallest absolute Gasteiger partial charge is 0.326 e. The van der Waals surface area contributed by atoms with Crippen molar-refractivity contribution in [3.8, 4) is 0 Å². The van der Waals surface area contributed by atoms with Crippen molar-refractivity contribution in [3.05, 3.63) is 0 Å². The van der Waals surface area contributed by atoms with Gasteiger partial charge in [-0.2, -0.15) is 0 Å². The number of carboxylic acids is 1. The number of amides is 1. The summed E-state index contributed by atoms with van der Waals surface area (Å²) in [5.41, 5.74) is -0.289. The number of aliphatic carboxylic acids is 1. The van der Waals surface area contributed by atoms with Gasteiger partial charge in [0.05, 0.1) is 5.60 Å². The second kappa shape index (κ2) is 5.27. The van der Waals surface area contributed by atoms with Gasteiger partial charge in [0.15, 0.2) is 0 Å². The molecule has 1 aliphatic heterocycles. The van der Waals surface area contributed by atoms with Crippen LogP contribution in [0.15, 0.2) is 0 Å². The van der Waals surface area contributed by atoms with Gasteiger partial charge in [-0.3, -0.25) is 4.79 Å². The Balaban J connectivity index is 2.27. The SMILES string of the molecule is CCC(NC(=O)COC1(C)CNC1)C(=O)O. The molecule has 1 amide bonds. The summed E-state index contributed by atoms with van der Waals surface area (Å²) in [4.78, 5) is 22.1. The third-order valence-electron chi connectivity index (χ3n) is 2.59. The van der Waals surface area contributed by atoms with Crippen LogP contribution in [-0.2, 0) is 14.3 Å². The first-order valence-corrected chi connectivity index (χ1v) is 5.34. The molecule has 1 unspecified atom stereocenters. The molecule has 1 atom stereocenters. The first kappa shape index (κ1) is 12.9. The topological polar surface area (TPSA) is 87.7 Å². The minimum Gasteiger partial charge on any atom is -0.480 e. The van der Waals surface area contributed by atoms with E-state index in [1.165, 1.54) is 0 Å². The average Bonchev–Trinajstić information content (AvgIpc) is 2.19. The van der Waals surface area contributed by atoms with Gasteiger partial charge in [0.2, 0.25) is 5.91 Å². The van der Waals surface area contributed by atoms with Gasteiger partial charge in [-0.25, -0.2) is 4.79 Å². The highest BCUT2D eigenvalue weighted by Crippen LogP contribution is 2.14. The van der Waals surface area contributed by atoms with Crippen molar-refractivity contribution in [1.29, 1.82) is 0 Å². The fourth-order valence-electron chi connectivity index (χ4n) is 1.39. The van der Waals surface area contributed by atoms with Crippen molar-refractivity contribution in [2.24, 2.45) is 0 Å². The predicted octanol–water partition coefficient (Wildman–Crippen LogP) is -0.656. The number of carboxylic acid groups (broad SMARTS) is 1. The Morgan fingerprint density at radius 2 is 2.19 bits per heavy atom. The predicted molar refractivity (Wildman–Crippen MR) is 57.1 cm³/mol. The zero-order chi connectivity index (χ0) is 12.2. The van der Waals surface area contributed by atoms with Crippen molar-refractivity contribution in [2.75, 3.05) is 19.7 Å². The minimum absolute atomic E-state index is 0.0953. The van der Waals surface area contributed by atoms with Crippen molar-refractivity contribution in [3.63, 3.8) is 0 Å². The number of rotatable bonds is 6. The zero-order valence-electron chi connectivity index (χ0n) is 9.58. The highest BCUT2D eigenvalue weighted by atomic mass is 16.5. The molecule has 1 fully saturated rings. The Bertz CT molecular complexity index is 276. The van der Waals surface area contributed by atoms with Gasteiger partial charge < -0.3 is 20.5 Å². The highest BCUT2D eigenvalue weighted by molar-refractivity contribution is 5.84. The van der Waals surface area contributed by atoms with Crippen LogP contribution in [0, 0.1) is 0 Å². The number of nitrogens with one attached hydrogen (secondary N) is 2. The van der Waals surface area contributed by atoms with Crippen LogP contribution in [0.1, 0.15) is 20.3 Å². The molecule has 0 radical (unpaired) electrons. The Morgan fingerprint density at radius 1 is 1.56 bits per heavy atom. The number of carbonyl (C=O) groups is 2. The lowest BCUT2D eigenvalue weighted by molar-refractivity contribution is -0.145. The molecule has 0 aliphatic carbocycles. The molecule has 0 aromatic heterocycles. The molecule has 16 heavy (non-hydrogen) atoms. The first-order valence-electron chi connectivity index (χ1n) is 5.34. The average molecular weight is 230 g/mol.